The number of halogens is 1. The number of hydrogen-bond acceptors (Lipinski definition) is 6. The number of amidine groups is 1. The van der Waals surface area contributed by atoms with E-state index in [1.165, 1.54) is 0 Å². The molecule has 0 radical (unpaired) electrons. The Hall–Kier alpha value is -2.99. The topological polar surface area (TPSA) is 72.3 Å². The standard InChI is InChI=1S/C18H14ClN5O/c19-14-9-13(24-18-17-12(10-23-18)3-1-6-22-17)4-5-15(14)25-11-16-20-7-2-8-21-16/h1-9H,10-11H2,(H,23,24). The first kappa shape index (κ1) is 15.5. The van der Waals surface area contributed by atoms with Gasteiger partial charge in [0.1, 0.15) is 18.1 Å². The second kappa shape index (κ2) is 6.86. The molecule has 3 aromatic rings. The fraction of sp³-hybridized carbons (Fsp3) is 0.111. The molecule has 6 nitrogen and oxygen atoms in total. The van der Waals surface area contributed by atoms with Crippen LogP contribution in [0.1, 0.15) is 17.1 Å². The Morgan fingerprint density at radius 3 is 2.72 bits per heavy atom. The van der Waals surface area contributed by atoms with E-state index < -0.39 is 0 Å². The van der Waals surface area contributed by atoms with Crippen molar-refractivity contribution in [2.45, 2.75) is 13.2 Å². The minimum Gasteiger partial charge on any atom is -0.484 e. The second-order valence-electron chi connectivity index (χ2n) is 5.40. The highest BCUT2D eigenvalue weighted by molar-refractivity contribution is 6.32. The first-order valence-electron chi connectivity index (χ1n) is 7.73. The lowest BCUT2D eigenvalue weighted by molar-refractivity contribution is 0.296. The summed E-state index contributed by atoms with van der Waals surface area (Å²) in [7, 11) is 0. The molecular formula is C18H14ClN5O. The van der Waals surface area contributed by atoms with Crippen molar-refractivity contribution in [3.05, 3.63) is 77.1 Å². The molecule has 0 unspecified atom stereocenters. The van der Waals surface area contributed by atoms with Gasteiger partial charge in [0.15, 0.2) is 11.7 Å². The molecule has 25 heavy (non-hydrogen) atoms. The van der Waals surface area contributed by atoms with Gasteiger partial charge in [0, 0.05) is 29.8 Å². The fourth-order valence-corrected chi connectivity index (χ4v) is 2.73. The highest BCUT2D eigenvalue weighted by Gasteiger charge is 2.17. The highest BCUT2D eigenvalue weighted by atomic mass is 35.5. The maximum absolute atomic E-state index is 6.32. The van der Waals surface area contributed by atoms with Crippen molar-refractivity contribution in [2.24, 2.45) is 4.99 Å². The van der Waals surface area contributed by atoms with Crippen LogP contribution in [0.3, 0.4) is 0 Å². The van der Waals surface area contributed by atoms with E-state index in [1.54, 1.807) is 30.7 Å². The maximum Gasteiger partial charge on any atom is 0.166 e. The molecular weight excluding hydrogens is 338 g/mol. The Balaban J connectivity index is 1.45. The molecule has 124 valence electrons. The van der Waals surface area contributed by atoms with E-state index in [-0.39, 0.29) is 6.61 Å². The van der Waals surface area contributed by atoms with Gasteiger partial charge in [-0.25, -0.2) is 9.97 Å². The number of aliphatic imine (C=N–C) groups is 1. The van der Waals surface area contributed by atoms with Gasteiger partial charge in [-0.15, -0.1) is 0 Å². The number of anilines is 1. The van der Waals surface area contributed by atoms with Crippen molar-refractivity contribution in [2.75, 3.05) is 5.32 Å². The zero-order valence-corrected chi connectivity index (χ0v) is 13.9. The van der Waals surface area contributed by atoms with Crippen LogP contribution in [0.2, 0.25) is 5.02 Å². The van der Waals surface area contributed by atoms with E-state index >= 15 is 0 Å². The van der Waals surface area contributed by atoms with Crippen LogP contribution in [-0.2, 0) is 13.2 Å². The van der Waals surface area contributed by atoms with E-state index in [0.29, 0.717) is 23.1 Å². The average molecular weight is 352 g/mol. The lowest BCUT2D eigenvalue weighted by Crippen LogP contribution is -2.13. The Kier molecular flexibility index (Phi) is 4.26. The maximum atomic E-state index is 6.32. The molecule has 1 N–H and O–H groups in total. The summed E-state index contributed by atoms with van der Waals surface area (Å²) in [5.41, 5.74) is 2.81. The van der Waals surface area contributed by atoms with Crippen molar-refractivity contribution < 1.29 is 4.74 Å². The first-order valence-corrected chi connectivity index (χ1v) is 8.11. The number of benzene rings is 1. The van der Waals surface area contributed by atoms with Gasteiger partial charge in [0.05, 0.1) is 11.6 Å². The molecule has 0 fully saturated rings. The summed E-state index contributed by atoms with van der Waals surface area (Å²) in [6.07, 6.45) is 5.11. The van der Waals surface area contributed by atoms with Gasteiger partial charge < -0.3 is 10.1 Å². The lowest BCUT2D eigenvalue weighted by Gasteiger charge is -2.11. The van der Waals surface area contributed by atoms with Crippen LogP contribution in [0.25, 0.3) is 0 Å². The van der Waals surface area contributed by atoms with Gasteiger partial charge in [0.25, 0.3) is 0 Å². The summed E-state index contributed by atoms with van der Waals surface area (Å²) >= 11 is 6.32. The number of hydrogen-bond donors (Lipinski definition) is 1. The van der Waals surface area contributed by atoms with Crippen molar-refractivity contribution >= 4 is 23.1 Å². The van der Waals surface area contributed by atoms with E-state index in [0.717, 1.165) is 22.8 Å². The zero-order valence-electron chi connectivity index (χ0n) is 13.2. The fourth-order valence-electron chi connectivity index (χ4n) is 2.50. The van der Waals surface area contributed by atoms with Crippen LogP contribution in [0, 0.1) is 0 Å². The Morgan fingerprint density at radius 1 is 1.04 bits per heavy atom. The molecule has 1 aliphatic rings. The molecule has 0 atom stereocenters. The number of aromatic nitrogens is 3. The molecule has 0 amide bonds. The van der Waals surface area contributed by atoms with Crippen LogP contribution in [-0.4, -0.2) is 20.8 Å². The lowest BCUT2D eigenvalue weighted by atomic mass is 10.2. The quantitative estimate of drug-likeness (QED) is 0.779. The van der Waals surface area contributed by atoms with E-state index in [4.69, 9.17) is 16.3 Å². The van der Waals surface area contributed by atoms with Gasteiger partial charge >= 0.3 is 0 Å². The zero-order chi connectivity index (χ0) is 17.1. The Bertz CT molecular complexity index is 930. The number of rotatable bonds is 4. The smallest absolute Gasteiger partial charge is 0.166 e. The number of fused-ring (bicyclic) bond motifs is 1. The van der Waals surface area contributed by atoms with Crippen molar-refractivity contribution in [3.8, 4) is 5.75 Å². The summed E-state index contributed by atoms with van der Waals surface area (Å²) < 4.78 is 5.68. The summed E-state index contributed by atoms with van der Waals surface area (Å²) in [5.74, 6) is 1.92. The second-order valence-corrected chi connectivity index (χ2v) is 5.81. The molecule has 1 aliphatic heterocycles. The minimum absolute atomic E-state index is 0.261. The van der Waals surface area contributed by atoms with E-state index in [1.807, 2.05) is 24.3 Å². The number of pyridine rings is 1. The normalized spacial score (nSPS) is 12.4. The first-order chi connectivity index (χ1) is 12.3. The summed E-state index contributed by atoms with van der Waals surface area (Å²) in [5, 5.41) is 3.76. The Labute approximate surface area is 149 Å². The molecule has 2 aromatic heterocycles. The van der Waals surface area contributed by atoms with Gasteiger partial charge in [-0.2, -0.15) is 0 Å². The molecule has 0 saturated carbocycles. The third-order valence-electron chi connectivity index (χ3n) is 3.69. The molecule has 4 rings (SSSR count). The minimum atomic E-state index is 0.261. The predicted molar refractivity (Wildman–Crippen MR) is 95.9 cm³/mol. The number of nitrogens with one attached hydrogen (secondary N) is 1. The van der Waals surface area contributed by atoms with Crippen molar-refractivity contribution in [1.82, 2.24) is 15.0 Å². The van der Waals surface area contributed by atoms with Crippen molar-refractivity contribution in [1.29, 1.82) is 0 Å². The molecule has 0 saturated heterocycles. The van der Waals surface area contributed by atoms with Crippen LogP contribution in [0.15, 0.2) is 60.0 Å². The molecule has 7 heteroatoms. The van der Waals surface area contributed by atoms with Crippen LogP contribution in [0.4, 0.5) is 5.69 Å². The SMILES string of the molecule is Clc1cc(NC2=NCc3cccnc32)ccc1OCc1ncccn1. The molecule has 0 aliphatic carbocycles. The summed E-state index contributed by atoms with van der Waals surface area (Å²) in [6, 6.07) is 11.2. The average Bonchev–Trinajstić information content (AvgIpc) is 3.05. The number of nitrogens with zero attached hydrogens (tertiary/aromatic N) is 4. The molecule has 0 spiro atoms. The van der Waals surface area contributed by atoms with Gasteiger partial charge in [-0.05, 0) is 30.3 Å². The van der Waals surface area contributed by atoms with E-state index in [9.17, 15) is 0 Å². The largest absolute Gasteiger partial charge is 0.484 e. The monoisotopic (exact) mass is 351 g/mol. The summed E-state index contributed by atoms with van der Waals surface area (Å²) in [6.45, 7) is 0.898. The predicted octanol–water partition coefficient (Wildman–Crippen LogP) is 3.48. The van der Waals surface area contributed by atoms with Crippen LogP contribution >= 0.6 is 11.6 Å². The highest BCUT2D eigenvalue weighted by Crippen LogP contribution is 2.29. The summed E-state index contributed by atoms with van der Waals surface area (Å²) in [4.78, 5) is 17.1. The van der Waals surface area contributed by atoms with Crippen LogP contribution < -0.4 is 10.1 Å². The third kappa shape index (κ3) is 3.44. The van der Waals surface area contributed by atoms with Crippen molar-refractivity contribution in [3.63, 3.8) is 0 Å². The third-order valence-corrected chi connectivity index (χ3v) is 3.99. The van der Waals surface area contributed by atoms with Gasteiger partial charge in [-0.3, -0.25) is 9.98 Å². The van der Waals surface area contributed by atoms with Crippen LogP contribution in [0.5, 0.6) is 5.75 Å². The molecule has 3 heterocycles. The van der Waals surface area contributed by atoms with Gasteiger partial charge in [-0.1, -0.05) is 17.7 Å². The number of ether oxygens (including phenoxy) is 1. The molecule has 0 bridgehead atoms. The Morgan fingerprint density at radius 2 is 1.88 bits per heavy atom. The molecule has 1 aromatic carbocycles. The van der Waals surface area contributed by atoms with E-state index in [2.05, 4.69) is 25.3 Å². The van der Waals surface area contributed by atoms with Gasteiger partial charge in [0.2, 0.25) is 0 Å².